The van der Waals surface area contributed by atoms with Gasteiger partial charge in [0.05, 0.1) is 18.9 Å². The van der Waals surface area contributed by atoms with Crippen LogP contribution in [0, 0.1) is 0 Å². The Morgan fingerprint density at radius 3 is 3.23 bits per heavy atom. The van der Waals surface area contributed by atoms with Crippen LogP contribution >= 0.6 is 0 Å². The van der Waals surface area contributed by atoms with E-state index in [4.69, 9.17) is 9.15 Å². The van der Waals surface area contributed by atoms with Gasteiger partial charge < -0.3 is 14.5 Å². The maximum Gasteiger partial charge on any atom is 0.117 e. The summed E-state index contributed by atoms with van der Waals surface area (Å²) in [6.07, 6.45) is 4.50. The number of ether oxygens (including phenoxy) is 1. The highest BCUT2D eigenvalue weighted by Gasteiger charge is 2.14. The molecule has 3 nitrogen and oxygen atoms in total. The minimum Gasteiger partial charge on any atom is -0.468 e. The summed E-state index contributed by atoms with van der Waals surface area (Å²) in [6.45, 7) is 2.65. The molecule has 1 aromatic heterocycles. The molecule has 0 unspecified atom stereocenters. The highest BCUT2D eigenvalue weighted by molar-refractivity contribution is 4.97. The minimum absolute atomic E-state index is 0.412. The van der Waals surface area contributed by atoms with Gasteiger partial charge in [0.15, 0.2) is 0 Å². The number of rotatable bonds is 4. The van der Waals surface area contributed by atoms with Gasteiger partial charge in [0, 0.05) is 13.2 Å². The topological polar surface area (TPSA) is 34.4 Å². The third-order valence-corrected chi connectivity index (χ3v) is 2.28. The molecule has 0 amide bonds. The molecule has 0 radical (unpaired) electrons. The van der Waals surface area contributed by atoms with Crippen LogP contribution in [0.25, 0.3) is 0 Å². The zero-order chi connectivity index (χ0) is 8.93. The van der Waals surface area contributed by atoms with Crippen LogP contribution < -0.4 is 5.32 Å². The molecule has 0 saturated carbocycles. The van der Waals surface area contributed by atoms with Crippen LogP contribution in [0.15, 0.2) is 22.8 Å². The number of hydrogen-bond donors (Lipinski definition) is 1. The van der Waals surface area contributed by atoms with Crippen molar-refractivity contribution in [2.45, 2.75) is 25.5 Å². The van der Waals surface area contributed by atoms with Crippen LogP contribution in [0.1, 0.15) is 18.6 Å². The first-order valence-electron chi connectivity index (χ1n) is 4.80. The molecular formula is C10H15NO2. The highest BCUT2D eigenvalue weighted by atomic mass is 16.5. The molecule has 1 atom stereocenters. The molecule has 2 heterocycles. The quantitative estimate of drug-likeness (QED) is 0.765. The van der Waals surface area contributed by atoms with E-state index in [0.29, 0.717) is 6.10 Å². The zero-order valence-electron chi connectivity index (χ0n) is 7.66. The zero-order valence-corrected chi connectivity index (χ0v) is 7.66. The average molecular weight is 181 g/mol. The lowest BCUT2D eigenvalue weighted by atomic mass is 10.2. The number of furan rings is 1. The van der Waals surface area contributed by atoms with Crippen molar-refractivity contribution in [3.8, 4) is 0 Å². The van der Waals surface area contributed by atoms with Gasteiger partial charge in [0.2, 0.25) is 0 Å². The Bertz CT molecular complexity index is 227. The monoisotopic (exact) mass is 181 g/mol. The van der Waals surface area contributed by atoms with Crippen LogP contribution in [0.2, 0.25) is 0 Å². The van der Waals surface area contributed by atoms with Gasteiger partial charge in [-0.25, -0.2) is 0 Å². The van der Waals surface area contributed by atoms with E-state index in [2.05, 4.69) is 5.32 Å². The molecular weight excluding hydrogens is 166 g/mol. The molecule has 0 bridgehead atoms. The Morgan fingerprint density at radius 2 is 2.54 bits per heavy atom. The van der Waals surface area contributed by atoms with Gasteiger partial charge in [-0.2, -0.15) is 0 Å². The standard InChI is InChI=1S/C10H15NO2/c1-3-9(12-5-1)7-11-8-10-4-2-6-13-10/h1,3,5,10-11H,2,4,6-8H2/t10-/m1/s1. The van der Waals surface area contributed by atoms with E-state index in [1.807, 2.05) is 12.1 Å². The molecule has 0 aromatic carbocycles. The smallest absolute Gasteiger partial charge is 0.117 e. The molecule has 1 aromatic rings. The fourth-order valence-electron chi connectivity index (χ4n) is 1.57. The lowest BCUT2D eigenvalue weighted by Crippen LogP contribution is -2.25. The van der Waals surface area contributed by atoms with E-state index >= 15 is 0 Å². The summed E-state index contributed by atoms with van der Waals surface area (Å²) in [5, 5.41) is 3.31. The lowest BCUT2D eigenvalue weighted by Gasteiger charge is -2.09. The van der Waals surface area contributed by atoms with Crippen molar-refractivity contribution in [2.75, 3.05) is 13.2 Å². The summed E-state index contributed by atoms with van der Waals surface area (Å²) in [6, 6.07) is 3.88. The Hall–Kier alpha value is -0.800. The summed E-state index contributed by atoms with van der Waals surface area (Å²) in [4.78, 5) is 0. The van der Waals surface area contributed by atoms with Gasteiger partial charge in [-0.3, -0.25) is 0 Å². The fourth-order valence-corrected chi connectivity index (χ4v) is 1.57. The molecule has 72 valence electrons. The number of hydrogen-bond acceptors (Lipinski definition) is 3. The van der Waals surface area contributed by atoms with E-state index in [1.54, 1.807) is 6.26 Å². The summed E-state index contributed by atoms with van der Waals surface area (Å²) >= 11 is 0. The van der Waals surface area contributed by atoms with Gasteiger partial charge in [-0.15, -0.1) is 0 Å². The summed E-state index contributed by atoms with van der Waals surface area (Å²) in [7, 11) is 0. The second-order valence-electron chi connectivity index (χ2n) is 3.35. The first-order chi connectivity index (χ1) is 6.45. The largest absolute Gasteiger partial charge is 0.468 e. The van der Waals surface area contributed by atoms with E-state index in [9.17, 15) is 0 Å². The van der Waals surface area contributed by atoms with Crippen molar-refractivity contribution in [2.24, 2.45) is 0 Å². The molecule has 1 aliphatic heterocycles. The van der Waals surface area contributed by atoms with Crippen molar-refractivity contribution in [1.82, 2.24) is 5.32 Å². The molecule has 13 heavy (non-hydrogen) atoms. The van der Waals surface area contributed by atoms with Crippen LogP contribution in [0.3, 0.4) is 0 Å². The number of nitrogens with one attached hydrogen (secondary N) is 1. The van der Waals surface area contributed by atoms with Gasteiger partial charge in [0.25, 0.3) is 0 Å². The van der Waals surface area contributed by atoms with Crippen molar-refractivity contribution in [1.29, 1.82) is 0 Å². The second-order valence-corrected chi connectivity index (χ2v) is 3.35. The molecule has 0 aliphatic carbocycles. The van der Waals surface area contributed by atoms with Gasteiger partial charge in [0.1, 0.15) is 5.76 Å². The fraction of sp³-hybridized carbons (Fsp3) is 0.600. The molecule has 1 saturated heterocycles. The summed E-state index contributed by atoms with van der Waals surface area (Å²) < 4.78 is 10.7. The predicted molar refractivity (Wildman–Crippen MR) is 49.4 cm³/mol. The van der Waals surface area contributed by atoms with Gasteiger partial charge >= 0.3 is 0 Å². The average Bonchev–Trinajstić information content (AvgIpc) is 2.75. The van der Waals surface area contributed by atoms with Crippen molar-refractivity contribution in [3.63, 3.8) is 0 Å². The van der Waals surface area contributed by atoms with Crippen molar-refractivity contribution in [3.05, 3.63) is 24.2 Å². The van der Waals surface area contributed by atoms with E-state index < -0.39 is 0 Å². The third kappa shape index (κ3) is 2.57. The van der Waals surface area contributed by atoms with Crippen LogP contribution in [0.5, 0.6) is 0 Å². The van der Waals surface area contributed by atoms with E-state index in [1.165, 1.54) is 12.8 Å². The molecule has 3 heteroatoms. The summed E-state index contributed by atoms with van der Waals surface area (Å²) in [5.41, 5.74) is 0. The lowest BCUT2D eigenvalue weighted by molar-refractivity contribution is 0.109. The van der Waals surface area contributed by atoms with Gasteiger partial charge in [-0.05, 0) is 25.0 Å². The first kappa shape index (κ1) is 8.78. The van der Waals surface area contributed by atoms with E-state index in [-0.39, 0.29) is 0 Å². The molecule has 1 N–H and O–H groups in total. The van der Waals surface area contributed by atoms with Crippen molar-refractivity contribution >= 4 is 0 Å². The van der Waals surface area contributed by atoms with Gasteiger partial charge in [-0.1, -0.05) is 0 Å². The normalized spacial score (nSPS) is 22.3. The summed E-state index contributed by atoms with van der Waals surface area (Å²) in [5.74, 6) is 0.984. The third-order valence-electron chi connectivity index (χ3n) is 2.28. The van der Waals surface area contributed by atoms with Crippen LogP contribution in [-0.2, 0) is 11.3 Å². The van der Waals surface area contributed by atoms with Crippen LogP contribution in [-0.4, -0.2) is 19.3 Å². The van der Waals surface area contributed by atoms with Crippen molar-refractivity contribution < 1.29 is 9.15 Å². The SMILES string of the molecule is c1coc(CNC[C@H]2CCCO2)c1. The Labute approximate surface area is 78.1 Å². The minimum atomic E-state index is 0.412. The predicted octanol–water partition coefficient (Wildman–Crippen LogP) is 1.55. The second kappa shape index (κ2) is 4.44. The highest BCUT2D eigenvalue weighted by Crippen LogP contribution is 2.10. The molecule has 1 fully saturated rings. The Kier molecular flexibility index (Phi) is 3.00. The van der Waals surface area contributed by atoms with Crippen LogP contribution in [0.4, 0.5) is 0 Å². The van der Waals surface area contributed by atoms with E-state index in [0.717, 1.165) is 25.5 Å². The first-order valence-corrected chi connectivity index (χ1v) is 4.80. The molecule has 1 aliphatic rings. The Balaban J connectivity index is 1.63. The Morgan fingerprint density at radius 1 is 1.54 bits per heavy atom. The maximum atomic E-state index is 5.48. The maximum absolute atomic E-state index is 5.48. The molecule has 0 spiro atoms. The molecule has 2 rings (SSSR count).